The fourth-order valence-electron chi connectivity index (χ4n) is 2.88. The van der Waals surface area contributed by atoms with Crippen LogP contribution in [0.5, 0.6) is 0 Å². The van der Waals surface area contributed by atoms with Gasteiger partial charge in [0, 0.05) is 5.69 Å². The first-order valence-corrected chi connectivity index (χ1v) is 8.45. The highest BCUT2D eigenvalue weighted by Crippen LogP contribution is 2.20. The fourth-order valence-corrected chi connectivity index (χ4v) is 2.88. The second-order valence-electron chi connectivity index (χ2n) is 6.50. The minimum absolute atomic E-state index is 0.410. The minimum atomic E-state index is 0.410. The predicted molar refractivity (Wildman–Crippen MR) is 98.3 cm³/mol. The van der Waals surface area contributed by atoms with Gasteiger partial charge in [-0.15, -0.1) is 0 Å². The SMILES string of the molecule is CN(C)C(NC(=NC1CCCCC1)Nc1ccccc1)=[N+](C)C. The molecule has 0 aromatic heterocycles. The van der Waals surface area contributed by atoms with Crippen LogP contribution in [0.1, 0.15) is 32.1 Å². The number of anilines is 1. The zero-order chi connectivity index (χ0) is 16.7. The van der Waals surface area contributed by atoms with Gasteiger partial charge in [0.25, 0.3) is 5.96 Å². The van der Waals surface area contributed by atoms with Gasteiger partial charge in [0.05, 0.1) is 34.2 Å². The molecule has 23 heavy (non-hydrogen) atoms. The maximum absolute atomic E-state index is 4.96. The molecule has 1 aliphatic rings. The summed E-state index contributed by atoms with van der Waals surface area (Å²) < 4.78 is 2.06. The van der Waals surface area contributed by atoms with Crippen LogP contribution in [0.2, 0.25) is 0 Å². The largest absolute Gasteiger partial charge is 0.354 e. The second-order valence-corrected chi connectivity index (χ2v) is 6.50. The molecule has 1 aliphatic carbocycles. The van der Waals surface area contributed by atoms with Gasteiger partial charge in [-0.2, -0.15) is 0 Å². The average molecular weight is 316 g/mol. The maximum Gasteiger partial charge on any atom is 0.354 e. The molecule has 0 bridgehead atoms. The topological polar surface area (TPSA) is 42.7 Å². The fraction of sp³-hybridized carbons (Fsp3) is 0.556. The molecule has 5 nitrogen and oxygen atoms in total. The van der Waals surface area contributed by atoms with E-state index in [1.807, 2.05) is 46.4 Å². The molecule has 0 radical (unpaired) electrons. The molecule has 1 aromatic rings. The number of para-hydroxylation sites is 1. The Morgan fingerprint density at radius 2 is 1.74 bits per heavy atom. The van der Waals surface area contributed by atoms with Gasteiger partial charge < -0.3 is 5.32 Å². The van der Waals surface area contributed by atoms with E-state index in [9.17, 15) is 0 Å². The molecule has 1 aromatic carbocycles. The van der Waals surface area contributed by atoms with Gasteiger partial charge in [0.15, 0.2) is 0 Å². The van der Waals surface area contributed by atoms with Crippen molar-refractivity contribution in [2.24, 2.45) is 4.99 Å². The van der Waals surface area contributed by atoms with Crippen molar-refractivity contribution in [2.75, 3.05) is 33.5 Å². The van der Waals surface area contributed by atoms with Gasteiger partial charge in [-0.25, -0.2) is 10.3 Å². The third kappa shape index (κ3) is 5.58. The van der Waals surface area contributed by atoms with Crippen molar-refractivity contribution in [3.05, 3.63) is 30.3 Å². The second kappa shape index (κ2) is 8.56. The number of nitrogens with zero attached hydrogens (tertiary/aromatic N) is 3. The van der Waals surface area contributed by atoms with Crippen LogP contribution in [-0.4, -0.2) is 55.6 Å². The summed E-state index contributed by atoms with van der Waals surface area (Å²) in [5, 5.41) is 6.89. The molecule has 1 saturated carbocycles. The van der Waals surface area contributed by atoms with E-state index >= 15 is 0 Å². The van der Waals surface area contributed by atoms with Gasteiger partial charge >= 0.3 is 5.96 Å². The van der Waals surface area contributed by atoms with E-state index < -0.39 is 0 Å². The highest BCUT2D eigenvalue weighted by Gasteiger charge is 2.19. The van der Waals surface area contributed by atoms with Crippen molar-refractivity contribution in [3.63, 3.8) is 0 Å². The summed E-state index contributed by atoms with van der Waals surface area (Å²) in [4.78, 5) is 7.01. The molecule has 126 valence electrons. The Balaban J connectivity index is 2.19. The lowest BCUT2D eigenvalue weighted by molar-refractivity contribution is -0.471. The molecule has 1 fully saturated rings. The lowest BCUT2D eigenvalue weighted by Gasteiger charge is -2.20. The van der Waals surface area contributed by atoms with Crippen LogP contribution >= 0.6 is 0 Å². The first-order valence-electron chi connectivity index (χ1n) is 8.45. The van der Waals surface area contributed by atoms with Crippen molar-refractivity contribution < 1.29 is 4.58 Å². The van der Waals surface area contributed by atoms with E-state index in [1.54, 1.807) is 0 Å². The Bertz CT molecular complexity index is 538. The van der Waals surface area contributed by atoms with Gasteiger partial charge in [0.2, 0.25) is 0 Å². The molecule has 2 N–H and O–H groups in total. The minimum Gasteiger partial charge on any atom is -0.313 e. The lowest BCUT2D eigenvalue weighted by Crippen LogP contribution is -2.47. The molecule has 0 heterocycles. The Kier molecular flexibility index (Phi) is 6.44. The first-order chi connectivity index (χ1) is 11.1. The molecule has 0 saturated heterocycles. The molecule has 0 aliphatic heterocycles. The molecule has 0 unspecified atom stereocenters. The zero-order valence-corrected chi connectivity index (χ0v) is 14.8. The third-order valence-electron chi connectivity index (χ3n) is 4.00. The van der Waals surface area contributed by atoms with Crippen molar-refractivity contribution in [3.8, 4) is 0 Å². The predicted octanol–water partition coefficient (Wildman–Crippen LogP) is 2.57. The molecule has 2 rings (SSSR count). The lowest BCUT2D eigenvalue weighted by atomic mass is 9.96. The number of rotatable bonds is 2. The van der Waals surface area contributed by atoms with Crippen LogP contribution < -0.4 is 10.6 Å². The number of benzene rings is 1. The van der Waals surface area contributed by atoms with Crippen molar-refractivity contribution in [1.82, 2.24) is 10.2 Å². The summed E-state index contributed by atoms with van der Waals surface area (Å²) in [5.74, 6) is 1.82. The van der Waals surface area contributed by atoms with E-state index in [-0.39, 0.29) is 0 Å². The standard InChI is InChI=1S/C18H29N5/c1-22(2)18(23(3)4)21-17(19-15-11-7-5-8-12-15)20-16-13-9-6-10-14-16/h5,7-8,11-12,16H,6,9-10,13-14H2,1-4H3,(H,19,20)/p+1. The van der Waals surface area contributed by atoms with Crippen LogP contribution in [0, 0.1) is 0 Å². The number of nitrogens with one attached hydrogen (secondary N) is 2. The van der Waals surface area contributed by atoms with Crippen LogP contribution in [0.4, 0.5) is 5.69 Å². The Hall–Kier alpha value is -2.04. The Morgan fingerprint density at radius 3 is 2.30 bits per heavy atom. The summed E-state index contributed by atoms with van der Waals surface area (Å²) >= 11 is 0. The van der Waals surface area contributed by atoms with Crippen LogP contribution in [0.3, 0.4) is 0 Å². The summed E-state index contributed by atoms with van der Waals surface area (Å²) in [6.45, 7) is 0. The molecule has 5 heteroatoms. The summed E-state index contributed by atoms with van der Waals surface area (Å²) in [6, 6.07) is 10.6. The summed E-state index contributed by atoms with van der Waals surface area (Å²) in [7, 11) is 8.12. The average Bonchev–Trinajstić information content (AvgIpc) is 2.53. The van der Waals surface area contributed by atoms with Crippen molar-refractivity contribution in [1.29, 1.82) is 0 Å². The smallest absolute Gasteiger partial charge is 0.313 e. The zero-order valence-electron chi connectivity index (χ0n) is 14.8. The number of aliphatic imine (C=N–C) groups is 1. The van der Waals surface area contributed by atoms with Crippen molar-refractivity contribution >= 4 is 17.6 Å². The third-order valence-corrected chi connectivity index (χ3v) is 4.00. The van der Waals surface area contributed by atoms with Crippen LogP contribution in [0.25, 0.3) is 0 Å². The molecule has 0 atom stereocenters. The van der Waals surface area contributed by atoms with Gasteiger partial charge in [0.1, 0.15) is 0 Å². The van der Waals surface area contributed by atoms with E-state index in [4.69, 9.17) is 4.99 Å². The highest BCUT2D eigenvalue weighted by atomic mass is 15.3. The molecular formula is C18H30N5+. The monoisotopic (exact) mass is 316 g/mol. The van der Waals surface area contributed by atoms with Gasteiger partial charge in [-0.1, -0.05) is 37.5 Å². The molecule has 0 spiro atoms. The van der Waals surface area contributed by atoms with E-state index in [0.717, 1.165) is 17.6 Å². The Morgan fingerprint density at radius 1 is 1.09 bits per heavy atom. The van der Waals surface area contributed by atoms with E-state index in [1.165, 1.54) is 32.1 Å². The summed E-state index contributed by atoms with van der Waals surface area (Å²) in [6.07, 6.45) is 6.27. The normalized spacial score (nSPS) is 15.9. The first kappa shape index (κ1) is 17.3. The van der Waals surface area contributed by atoms with Gasteiger partial charge in [-0.3, -0.25) is 9.48 Å². The Labute approximate surface area is 140 Å². The summed E-state index contributed by atoms with van der Waals surface area (Å²) in [5.41, 5.74) is 1.05. The molecular weight excluding hydrogens is 286 g/mol. The maximum atomic E-state index is 4.96. The van der Waals surface area contributed by atoms with Crippen molar-refractivity contribution in [2.45, 2.75) is 38.1 Å². The van der Waals surface area contributed by atoms with E-state index in [2.05, 4.69) is 32.2 Å². The van der Waals surface area contributed by atoms with Gasteiger partial charge in [-0.05, 0) is 25.0 Å². The number of hydrogen-bond acceptors (Lipinski definition) is 1. The van der Waals surface area contributed by atoms with E-state index in [0.29, 0.717) is 6.04 Å². The number of guanidine groups is 2. The quantitative estimate of drug-likeness (QED) is 0.501. The highest BCUT2D eigenvalue weighted by molar-refractivity contribution is 6.03. The number of hydrogen-bond donors (Lipinski definition) is 2. The van der Waals surface area contributed by atoms with Crippen LogP contribution in [-0.2, 0) is 0 Å². The molecule has 0 amide bonds. The van der Waals surface area contributed by atoms with Crippen LogP contribution in [0.15, 0.2) is 35.3 Å².